The van der Waals surface area contributed by atoms with Crippen LogP contribution >= 0.6 is 0 Å². The molecule has 0 atom stereocenters. The third-order valence-corrected chi connectivity index (χ3v) is 1.55. The molecular formula is C9H7Cr-. The topological polar surface area (TPSA) is 0 Å². The van der Waals surface area contributed by atoms with Crippen molar-refractivity contribution in [1.29, 1.82) is 0 Å². The van der Waals surface area contributed by atoms with Gasteiger partial charge in [0.25, 0.3) is 0 Å². The van der Waals surface area contributed by atoms with Crippen molar-refractivity contribution in [3.05, 3.63) is 42.5 Å². The Hall–Kier alpha value is -0.638. The van der Waals surface area contributed by atoms with Crippen molar-refractivity contribution < 1.29 is 17.4 Å². The summed E-state index contributed by atoms with van der Waals surface area (Å²) in [7, 11) is 0. The Morgan fingerprint density at radius 3 is 2.60 bits per heavy atom. The minimum atomic E-state index is 0. The van der Waals surface area contributed by atoms with Gasteiger partial charge in [-0.3, -0.25) is 0 Å². The van der Waals surface area contributed by atoms with Crippen LogP contribution in [0.4, 0.5) is 0 Å². The molecule has 0 fully saturated rings. The quantitative estimate of drug-likeness (QED) is 0.529. The predicted octanol–water partition coefficient (Wildman–Crippen LogP) is 2.56. The van der Waals surface area contributed by atoms with E-state index < -0.39 is 0 Å². The minimum absolute atomic E-state index is 0. The molecule has 0 nitrogen and oxygen atoms in total. The van der Waals surface area contributed by atoms with E-state index in [4.69, 9.17) is 0 Å². The second kappa shape index (κ2) is 2.97. The summed E-state index contributed by atoms with van der Waals surface area (Å²) >= 11 is 0. The molecular weight excluding hydrogens is 160 g/mol. The number of hydrogen-bond acceptors (Lipinski definition) is 0. The molecule has 0 radical (unpaired) electrons. The van der Waals surface area contributed by atoms with Gasteiger partial charge in [0.2, 0.25) is 0 Å². The van der Waals surface area contributed by atoms with Gasteiger partial charge >= 0.3 is 0 Å². The maximum atomic E-state index is 2.12. The normalized spacial score (nSPS) is 9.20. The van der Waals surface area contributed by atoms with Crippen molar-refractivity contribution in [1.82, 2.24) is 0 Å². The monoisotopic (exact) mass is 167 g/mol. The number of hydrogen-bond donors (Lipinski definition) is 0. The van der Waals surface area contributed by atoms with E-state index in [2.05, 4.69) is 42.5 Å². The third-order valence-electron chi connectivity index (χ3n) is 1.55. The zero-order valence-corrected chi connectivity index (χ0v) is 6.72. The molecule has 0 saturated heterocycles. The van der Waals surface area contributed by atoms with Gasteiger partial charge in [-0.25, -0.2) is 0 Å². The average molecular weight is 167 g/mol. The second-order valence-electron chi connectivity index (χ2n) is 2.15. The molecule has 0 aliphatic rings. The van der Waals surface area contributed by atoms with Crippen molar-refractivity contribution in [3.63, 3.8) is 0 Å². The van der Waals surface area contributed by atoms with Crippen LogP contribution in [0, 0.1) is 0 Å². The van der Waals surface area contributed by atoms with Gasteiger partial charge in [0.15, 0.2) is 0 Å². The molecule has 0 amide bonds. The van der Waals surface area contributed by atoms with Gasteiger partial charge in [0.1, 0.15) is 0 Å². The number of rotatable bonds is 0. The molecule has 0 aliphatic carbocycles. The molecule has 2 aromatic rings. The van der Waals surface area contributed by atoms with Gasteiger partial charge in [-0.1, -0.05) is 6.07 Å². The predicted molar refractivity (Wildman–Crippen MR) is 39.5 cm³/mol. The Morgan fingerprint density at radius 1 is 1.00 bits per heavy atom. The summed E-state index contributed by atoms with van der Waals surface area (Å²) in [5.41, 5.74) is 0. The van der Waals surface area contributed by atoms with Crippen LogP contribution in [0.15, 0.2) is 42.5 Å². The maximum absolute atomic E-state index is 2.12. The summed E-state index contributed by atoms with van der Waals surface area (Å²) in [6, 6.07) is 14.7. The second-order valence-corrected chi connectivity index (χ2v) is 2.15. The van der Waals surface area contributed by atoms with Crippen LogP contribution in [-0.4, -0.2) is 0 Å². The minimum Gasteiger partial charge on any atom is -0.168 e. The van der Waals surface area contributed by atoms with E-state index in [1.165, 1.54) is 10.8 Å². The van der Waals surface area contributed by atoms with E-state index in [-0.39, 0.29) is 17.4 Å². The zero-order chi connectivity index (χ0) is 6.10. The molecule has 1 heteroatoms. The number of benzene rings is 1. The Labute approximate surface area is 71.0 Å². The van der Waals surface area contributed by atoms with E-state index in [9.17, 15) is 0 Å². The Balaban J connectivity index is 0.000000500. The van der Waals surface area contributed by atoms with Crippen LogP contribution in [0.5, 0.6) is 0 Å². The SMILES string of the molecule is [Cr].c1ccc2[cH-]ccc2c1. The van der Waals surface area contributed by atoms with Crippen molar-refractivity contribution >= 4 is 10.8 Å². The first-order valence-electron chi connectivity index (χ1n) is 3.07. The molecule has 0 N–H and O–H groups in total. The summed E-state index contributed by atoms with van der Waals surface area (Å²) in [4.78, 5) is 0. The van der Waals surface area contributed by atoms with Crippen LogP contribution in [-0.2, 0) is 17.4 Å². The fraction of sp³-hybridized carbons (Fsp3) is 0. The van der Waals surface area contributed by atoms with Crippen molar-refractivity contribution in [3.8, 4) is 0 Å². The smallest absolute Gasteiger partial charge is 0 e. The Bertz CT molecular complexity index is 279. The summed E-state index contributed by atoms with van der Waals surface area (Å²) in [5, 5.41) is 2.66. The summed E-state index contributed by atoms with van der Waals surface area (Å²) < 4.78 is 0. The van der Waals surface area contributed by atoms with Crippen molar-refractivity contribution in [2.45, 2.75) is 0 Å². The first-order valence-corrected chi connectivity index (χ1v) is 3.07. The third kappa shape index (κ3) is 1.11. The fourth-order valence-electron chi connectivity index (χ4n) is 1.07. The standard InChI is InChI=1S/C9H7.Cr/c1-2-5-9-7-3-6-8(9)4-1;/h1-7H;/q-1;. The van der Waals surface area contributed by atoms with Gasteiger partial charge in [-0.05, 0) is 0 Å². The molecule has 0 aliphatic heterocycles. The van der Waals surface area contributed by atoms with Gasteiger partial charge in [-0.2, -0.15) is 17.5 Å². The average Bonchev–Trinajstić information content (AvgIpc) is 2.33. The molecule has 0 heterocycles. The van der Waals surface area contributed by atoms with Crippen LogP contribution in [0.25, 0.3) is 10.8 Å². The first-order chi connectivity index (χ1) is 4.47. The molecule has 50 valence electrons. The van der Waals surface area contributed by atoms with Crippen molar-refractivity contribution in [2.24, 2.45) is 0 Å². The van der Waals surface area contributed by atoms with E-state index in [0.717, 1.165) is 0 Å². The Morgan fingerprint density at radius 2 is 1.80 bits per heavy atom. The van der Waals surface area contributed by atoms with Gasteiger partial charge in [0.05, 0.1) is 0 Å². The zero-order valence-electron chi connectivity index (χ0n) is 5.45. The molecule has 0 saturated carbocycles. The van der Waals surface area contributed by atoms with Crippen molar-refractivity contribution in [2.75, 3.05) is 0 Å². The molecule has 0 aromatic heterocycles. The largest absolute Gasteiger partial charge is 0.168 e. The Kier molecular flexibility index (Phi) is 2.22. The maximum Gasteiger partial charge on any atom is 0 e. The van der Waals surface area contributed by atoms with E-state index in [1.807, 2.05) is 0 Å². The van der Waals surface area contributed by atoms with E-state index in [1.54, 1.807) is 0 Å². The van der Waals surface area contributed by atoms with Crippen LogP contribution in [0.2, 0.25) is 0 Å². The van der Waals surface area contributed by atoms with E-state index >= 15 is 0 Å². The van der Waals surface area contributed by atoms with Gasteiger partial charge < -0.3 is 0 Å². The molecule has 0 unspecified atom stereocenters. The number of fused-ring (bicyclic) bond motifs is 1. The van der Waals surface area contributed by atoms with Gasteiger partial charge in [0, 0.05) is 17.4 Å². The molecule has 0 spiro atoms. The molecule has 10 heavy (non-hydrogen) atoms. The summed E-state index contributed by atoms with van der Waals surface area (Å²) in [5.74, 6) is 0. The molecule has 2 rings (SSSR count). The summed E-state index contributed by atoms with van der Waals surface area (Å²) in [6.45, 7) is 0. The van der Waals surface area contributed by atoms with Crippen LogP contribution < -0.4 is 0 Å². The van der Waals surface area contributed by atoms with Crippen LogP contribution in [0.1, 0.15) is 0 Å². The molecule has 0 bridgehead atoms. The first kappa shape index (κ1) is 7.47. The van der Waals surface area contributed by atoms with Gasteiger partial charge in [-0.15, -0.1) is 29.7 Å². The molecule has 2 aromatic carbocycles. The summed E-state index contributed by atoms with van der Waals surface area (Å²) in [6.07, 6.45) is 0. The van der Waals surface area contributed by atoms with E-state index in [0.29, 0.717) is 0 Å². The van der Waals surface area contributed by atoms with Crippen LogP contribution in [0.3, 0.4) is 0 Å². The fourth-order valence-corrected chi connectivity index (χ4v) is 1.07.